The quantitative estimate of drug-likeness (QED) is 0.777. The van der Waals surface area contributed by atoms with Crippen molar-refractivity contribution in [1.29, 1.82) is 0 Å². The fraction of sp³-hybridized carbons (Fsp3) is 0.188. The van der Waals surface area contributed by atoms with Crippen molar-refractivity contribution in [3.8, 4) is 0 Å². The van der Waals surface area contributed by atoms with Crippen LogP contribution in [0.25, 0.3) is 0 Å². The molecule has 1 N–H and O–H groups in total. The molecule has 112 valence electrons. The molecule has 0 saturated carbocycles. The van der Waals surface area contributed by atoms with Gasteiger partial charge in [-0.05, 0) is 12.0 Å². The molecule has 22 heavy (non-hydrogen) atoms. The van der Waals surface area contributed by atoms with Gasteiger partial charge in [0.15, 0.2) is 11.6 Å². The molecule has 0 unspecified atom stereocenters. The van der Waals surface area contributed by atoms with E-state index in [1.807, 2.05) is 42.6 Å². The molecule has 0 aliphatic rings. The molecule has 0 radical (unpaired) electrons. The van der Waals surface area contributed by atoms with E-state index in [2.05, 4.69) is 20.3 Å². The summed E-state index contributed by atoms with van der Waals surface area (Å²) in [6.45, 7) is 1.87. The molecule has 0 saturated heterocycles. The van der Waals surface area contributed by atoms with Gasteiger partial charge < -0.3 is 5.32 Å². The van der Waals surface area contributed by atoms with Crippen molar-refractivity contribution in [3.05, 3.63) is 70.3 Å². The largest absolute Gasteiger partial charge is 0.354 e. The zero-order valence-corrected chi connectivity index (χ0v) is 12.8. The smallest absolute Gasteiger partial charge is 0.186 e. The standard InChI is InChI=1S/C16H15FN4S/c1-2-12-13(17)15(20-10-19-12)21-14(16-18-8-9-22-16)11-6-4-3-5-7-11/h3-10,14H,2H2,1H3,(H,19,20,21)/t14-/m1/s1. The zero-order chi connectivity index (χ0) is 15.4. The topological polar surface area (TPSA) is 50.7 Å². The van der Waals surface area contributed by atoms with E-state index in [1.54, 1.807) is 6.20 Å². The monoisotopic (exact) mass is 314 g/mol. The van der Waals surface area contributed by atoms with Gasteiger partial charge >= 0.3 is 0 Å². The van der Waals surface area contributed by atoms with E-state index < -0.39 is 5.82 Å². The Morgan fingerprint density at radius 3 is 2.68 bits per heavy atom. The van der Waals surface area contributed by atoms with Gasteiger partial charge in [0.1, 0.15) is 17.4 Å². The van der Waals surface area contributed by atoms with Crippen molar-refractivity contribution in [2.45, 2.75) is 19.4 Å². The zero-order valence-electron chi connectivity index (χ0n) is 12.0. The first-order chi connectivity index (χ1) is 10.8. The molecule has 6 heteroatoms. The summed E-state index contributed by atoms with van der Waals surface area (Å²) in [5, 5.41) is 5.93. The molecule has 3 aromatic rings. The minimum Gasteiger partial charge on any atom is -0.354 e. The Hall–Kier alpha value is -2.34. The normalized spacial score (nSPS) is 12.1. The molecule has 4 nitrogen and oxygen atoms in total. The molecule has 0 aliphatic heterocycles. The maximum absolute atomic E-state index is 14.4. The van der Waals surface area contributed by atoms with Crippen LogP contribution in [0.1, 0.15) is 29.2 Å². The number of nitrogens with one attached hydrogen (secondary N) is 1. The maximum Gasteiger partial charge on any atom is 0.186 e. The Kier molecular flexibility index (Phi) is 4.39. The summed E-state index contributed by atoms with van der Waals surface area (Å²) in [4.78, 5) is 12.4. The molecule has 1 atom stereocenters. The van der Waals surface area contributed by atoms with Crippen LogP contribution in [0, 0.1) is 5.82 Å². The number of thiazole rings is 1. The highest BCUT2D eigenvalue weighted by atomic mass is 32.1. The second-order valence-electron chi connectivity index (χ2n) is 4.69. The molecule has 0 amide bonds. The van der Waals surface area contributed by atoms with E-state index in [-0.39, 0.29) is 11.9 Å². The van der Waals surface area contributed by atoms with Crippen LogP contribution >= 0.6 is 11.3 Å². The van der Waals surface area contributed by atoms with Crippen LogP contribution in [-0.4, -0.2) is 15.0 Å². The summed E-state index contributed by atoms with van der Waals surface area (Å²) in [6.07, 6.45) is 3.65. The molecule has 0 fully saturated rings. The van der Waals surface area contributed by atoms with E-state index >= 15 is 0 Å². The molecule has 2 aromatic heterocycles. The van der Waals surface area contributed by atoms with Gasteiger partial charge in [0.05, 0.1) is 5.69 Å². The number of nitrogens with zero attached hydrogens (tertiary/aromatic N) is 3. The summed E-state index contributed by atoms with van der Waals surface area (Å²) in [5.74, 6) is -0.196. The van der Waals surface area contributed by atoms with Crippen molar-refractivity contribution in [1.82, 2.24) is 15.0 Å². The first-order valence-electron chi connectivity index (χ1n) is 6.99. The summed E-state index contributed by atoms with van der Waals surface area (Å²) >= 11 is 1.52. The predicted octanol–water partition coefficient (Wildman–Crippen LogP) is 3.84. The molecule has 3 rings (SSSR count). The number of hydrogen-bond acceptors (Lipinski definition) is 5. The van der Waals surface area contributed by atoms with Crippen molar-refractivity contribution in [3.63, 3.8) is 0 Å². The number of anilines is 1. The van der Waals surface area contributed by atoms with Crippen LogP contribution in [0.4, 0.5) is 10.2 Å². The maximum atomic E-state index is 14.4. The number of halogens is 1. The first kappa shape index (κ1) is 14.6. The van der Waals surface area contributed by atoms with Gasteiger partial charge in [-0.15, -0.1) is 11.3 Å². The van der Waals surface area contributed by atoms with Crippen LogP contribution in [-0.2, 0) is 6.42 Å². The van der Waals surface area contributed by atoms with Gasteiger partial charge in [-0.25, -0.2) is 19.3 Å². The van der Waals surface area contributed by atoms with Gasteiger partial charge in [0.25, 0.3) is 0 Å². The molecule has 0 spiro atoms. The average molecular weight is 314 g/mol. The fourth-order valence-electron chi connectivity index (χ4n) is 2.20. The lowest BCUT2D eigenvalue weighted by Gasteiger charge is -2.18. The van der Waals surface area contributed by atoms with Gasteiger partial charge in [-0.2, -0.15) is 0 Å². The average Bonchev–Trinajstić information content (AvgIpc) is 3.09. The van der Waals surface area contributed by atoms with Crippen LogP contribution in [0.3, 0.4) is 0 Å². The summed E-state index contributed by atoms with van der Waals surface area (Å²) in [6, 6.07) is 9.58. The molecule has 1 aromatic carbocycles. The number of aryl methyl sites for hydroxylation is 1. The van der Waals surface area contributed by atoms with Gasteiger partial charge in [-0.3, -0.25) is 0 Å². The van der Waals surface area contributed by atoms with Gasteiger partial charge in [-0.1, -0.05) is 37.3 Å². The Morgan fingerprint density at radius 2 is 2.00 bits per heavy atom. The SMILES string of the molecule is CCc1ncnc(N[C@H](c2ccccc2)c2nccs2)c1F. The van der Waals surface area contributed by atoms with Crippen LogP contribution in [0.5, 0.6) is 0 Å². The summed E-state index contributed by atoms with van der Waals surface area (Å²) < 4.78 is 14.4. The molecular formula is C16H15FN4S. The third-order valence-corrected chi connectivity index (χ3v) is 4.15. The number of hydrogen-bond donors (Lipinski definition) is 1. The van der Waals surface area contributed by atoms with E-state index in [0.717, 1.165) is 10.6 Å². The number of aromatic nitrogens is 3. The number of rotatable bonds is 5. The van der Waals surface area contributed by atoms with Crippen molar-refractivity contribution >= 4 is 17.2 Å². The highest BCUT2D eigenvalue weighted by Crippen LogP contribution is 2.28. The highest BCUT2D eigenvalue weighted by Gasteiger charge is 2.20. The summed E-state index contributed by atoms with van der Waals surface area (Å²) in [7, 11) is 0. The Labute approximate surface area is 132 Å². The molecule has 0 bridgehead atoms. The molecular weight excluding hydrogens is 299 g/mol. The van der Waals surface area contributed by atoms with Gasteiger partial charge in [0, 0.05) is 11.6 Å². The van der Waals surface area contributed by atoms with Gasteiger partial charge in [0.2, 0.25) is 0 Å². The van der Waals surface area contributed by atoms with Crippen molar-refractivity contribution in [2.24, 2.45) is 0 Å². The van der Waals surface area contributed by atoms with Crippen LogP contribution in [0.2, 0.25) is 0 Å². The highest BCUT2D eigenvalue weighted by molar-refractivity contribution is 7.09. The Balaban J connectivity index is 1.98. The van der Waals surface area contributed by atoms with Crippen molar-refractivity contribution < 1.29 is 4.39 Å². The number of benzene rings is 1. The molecule has 0 aliphatic carbocycles. The lowest BCUT2D eigenvalue weighted by atomic mass is 10.1. The first-order valence-corrected chi connectivity index (χ1v) is 7.87. The predicted molar refractivity (Wildman–Crippen MR) is 85.4 cm³/mol. The Morgan fingerprint density at radius 1 is 1.18 bits per heavy atom. The summed E-state index contributed by atoms with van der Waals surface area (Å²) in [5.41, 5.74) is 1.41. The van der Waals surface area contributed by atoms with Crippen molar-refractivity contribution in [2.75, 3.05) is 5.32 Å². The van der Waals surface area contributed by atoms with Crippen LogP contribution in [0.15, 0.2) is 48.2 Å². The third-order valence-electron chi connectivity index (χ3n) is 3.31. The van der Waals surface area contributed by atoms with E-state index in [4.69, 9.17) is 0 Å². The molecule has 2 heterocycles. The van der Waals surface area contributed by atoms with E-state index in [1.165, 1.54) is 17.7 Å². The minimum absolute atomic E-state index is 0.205. The fourth-order valence-corrected chi connectivity index (χ4v) is 2.91. The second kappa shape index (κ2) is 6.62. The lowest BCUT2D eigenvalue weighted by Crippen LogP contribution is -2.15. The minimum atomic E-state index is -0.400. The van der Waals surface area contributed by atoms with E-state index in [9.17, 15) is 4.39 Å². The van der Waals surface area contributed by atoms with E-state index in [0.29, 0.717) is 12.1 Å². The lowest BCUT2D eigenvalue weighted by molar-refractivity contribution is 0.595. The second-order valence-corrected chi connectivity index (χ2v) is 5.62. The van der Waals surface area contributed by atoms with Crippen LogP contribution < -0.4 is 5.32 Å². The third kappa shape index (κ3) is 2.96. The Bertz CT molecular complexity index is 731.